The molecule has 2 aromatic heterocycles. The van der Waals surface area contributed by atoms with Crippen molar-refractivity contribution < 1.29 is 17.6 Å². The van der Waals surface area contributed by atoms with Crippen molar-refractivity contribution in [1.82, 2.24) is 20.1 Å². The highest BCUT2D eigenvalue weighted by atomic mass is 19.4. The number of anilines is 1. The summed E-state index contributed by atoms with van der Waals surface area (Å²) in [6.45, 7) is 1.75. The lowest BCUT2D eigenvalue weighted by Crippen LogP contribution is -2.43. The van der Waals surface area contributed by atoms with E-state index in [1.165, 1.54) is 0 Å². The molecule has 0 amide bonds. The third kappa shape index (κ3) is 3.84. The Morgan fingerprint density at radius 2 is 2.00 bits per heavy atom. The molecule has 1 saturated heterocycles. The first-order chi connectivity index (χ1) is 11.4. The molecule has 0 atom stereocenters. The summed E-state index contributed by atoms with van der Waals surface area (Å²) in [6.07, 6.45) is -1.04. The van der Waals surface area contributed by atoms with Crippen LogP contribution in [-0.2, 0) is 12.7 Å². The average molecular weight is 341 g/mol. The molecule has 130 valence electrons. The van der Waals surface area contributed by atoms with Crippen LogP contribution in [0.1, 0.15) is 24.6 Å². The molecule has 0 spiro atoms. The lowest BCUT2D eigenvalue weighted by atomic mass is 10.0. The van der Waals surface area contributed by atoms with Gasteiger partial charge in [0.25, 0.3) is 0 Å². The van der Waals surface area contributed by atoms with E-state index in [4.69, 9.17) is 0 Å². The Kier molecular flexibility index (Phi) is 4.70. The van der Waals surface area contributed by atoms with Crippen LogP contribution >= 0.6 is 0 Å². The van der Waals surface area contributed by atoms with Crippen LogP contribution in [0.15, 0.2) is 28.8 Å². The van der Waals surface area contributed by atoms with Gasteiger partial charge in [0.2, 0.25) is 5.89 Å². The maximum Gasteiger partial charge on any atom is 0.470 e. The van der Waals surface area contributed by atoms with Gasteiger partial charge in [0.05, 0.1) is 6.54 Å². The van der Waals surface area contributed by atoms with E-state index < -0.39 is 12.1 Å². The number of piperidine rings is 1. The molecule has 0 bridgehead atoms. The van der Waals surface area contributed by atoms with Gasteiger partial charge in [0, 0.05) is 32.4 Å². The van der Waals surface area contributed by atoms with Crippen molar-refractivity contribution in [2.75, 3.05) is 25.0 Å². The predicted octanol–water partition coefficient (Wildman–Crippen LogP) is 2.58. The zero-order valence-corrected chi connectivity index (χ0v) is 13.2. The maximum absolute atomic E-state index is 12.5. The van der Waals surface area contributed by atoms with E-state index in [-0.39, 0.29) is 12.4 Å². The molecule has 0 N–H and O–H groups in total. The normalized spacial score (nSPS) is 17.2. The van der Waals surface area contributed by atoms with Gasteiger partial charge in [0.15, 0.2) is 0 Å². The molecule has 3 heterocycles. The van der Waals surface area contributed by atoms with Crippen molar-refractivity contribution in [3.05, 3.63) is 36.2 Å². The van der Waals surface area contributed by atoms with Gasteiger partial charge in [-0.2, -0.15) is 13.2 Å². The van der Waals surface area contributed by atoms with Crippen LogP contribution < -0.4 is 4.90 Å². The van der Waals surface area contributed by atoms with Gasteiger partial charge in [-0.05, 0) is 25.0 Å². The predicted molar refractivity (Wildman–Crippen MR) is 80.2 cm³/mol. The lowest BCUT2D eigenvalue weighted by Gasteiger charge is -2.36. The van der Waals surface area contributed by atoms with E-state index in [0.717, 1.165) is 31.7 Å². The smallest absolute Gasteiger partial charge is 0.416 e. The summed E-state index contributed by atoms with van der Waals surface area (Å²) in [5.41, 5.74) is 0. The zero-order valence-electron chi connectivity index (χ0n) is 13.2. The van der Waals surface area contributed by atoms with Crippen LogP contribution in [-0.4, -0.2) is 46.3 Å². The summed E-state index contributed by atoms with van der Waals surface area (Å²) in [7, 11) is 2.01. The minimum Gasteiger partial charge on any atom is -0.416 e. The number of halogens is 3. The zero-order chi connectivity index (χ0) is 17.2. The quantitative estimate of drug-likeness (QED) is 0.852. The van der Waals surface area contributed by atoms with E-state index >= 15 is 0 Å². The van der Waals surface area contributed by atoms with Crippen molar-refractivity contribution in [1.29, 1.82) is 0 Å². The summed E-state index contributed by atoms with van der Waals surface area (Å²) in [4.78, 5) is 8.51. The SMILES string of the molecule is CN(c1ccccn1)C1CCN(Cc2nnc(C(F)(F)F)o2)CC1. The number of likely N-dealkylation sites (tertiary alicyclic amines) is 1. The largest absolute Gasteiger partial charge is 0.470 e. The summed E-state index contributed by atoms with van der Waals surface area (Å²) in [5.74, 6) is -0.371. The second-order valence-corrected chi connectivity index (χ2v) is 5.80. The maximum atomic E-state index is 12.5. The van der Waals surface area contributed by atoms with Crippen molar-refractivity contribution >= 4 is 5.82 Å². The molecule has 2 aromatic rings. The Morgan fingerprint density at radius 1 is 1.25 bits per heavy atom. The van der Waals surface area contributed by atoms with Gasteiger partial charge in [-0.15, -0.1) is 10.2 Å². The Labute approximate surface area is 137 Å². The molecule has 1 aliphatic rings. The van der Waals surface area contributed by atoms with Crippen molar-refractivity contribution in [2.24, 2.45) is 0 Å². The van der Waals surface area contributed by atoms with Crippen molar-refractivity contribution in [2.45, 2.75) is 31.6 Å². The first kappa shape index (κ1) is 16.7. The topological polar surface area (TPSA) is 58.3 Å². The molecule has 0 aromatic carbocycles. The van der Waals surface area contributed by atoms with Gasteiger partial charge >= 0.3 is 12.1 Å². The molecule has 24 heavy (non-hydrogen) atoms. The van der Waals surface area contributed by atoms with Crippen molar-refractivity contribution in [3.8, 4) is 0 Å². The van der Waals surface area contributed by atoms with Crippen LogP contribution in [0.4, 0.5) is 19.0 Å². The molecule has 6 nitrogen and oxygen atoms in total. The summed E-state index contributed by atoms with van der Waals surface area (Å²) in [5, 5.41) is 6.53. The van der Waals surface area contributed by atoms with E-state index in [1.807, 2.05) is 30.1 Å². The molecule has 0 unspecified atom stereocenters. The number of nitrogens with zero attached hydrogens (tertiary/aromatic N) is 5. The van der Waals surface area contributed by atoms with Crippen LogP contribution in [0, 0.1) is 0 Å². The Hall–Kier alpha value is -2.16. The highest BCUT2D eigenvalue weighted by molar-refractivity contribution is 5.38. The van der Waals surface area contributed by atoms with Gasteiger partial charge in [-0.3, -0.25) is 4.90 Å². The number of rotatable bonds is 4. The van der Waals surface area contributed by atoms with Crippen LogP contribution in [0.25, 0.3) is 0 Å². The summed E-state index contributed by atoms with van der Waals surface area (Å²) < 4.78 is 42.1. The summed E-state index contributed by atoms with van der Waals surface area (Å²) >= 11 is 0. The van der Waals surface area contributed by atoms with Gasteiger partial charge in [0.1, 0.15) is 5.82 Å². The molecule has 1 fully saturated rings. The van der Waals surface area contributed by atoms with Crippen LogP contribution in [0.2, 0.25) is 0 Å². The molecule has 3 rings (SSSR count). The fraction of sp³-hybridized carbons (Fsp3) is 0.533. The molecule has 0 aliphatic carbocycles. The summed E-state index contributed by atoms with van der Waals surface area (Å²) in [6, 6.07) is 6.13. The van der Waals surface area contributed by atoms with E-state index in [9.17, 15) is 13.2 Å². The lowest BCUT2D eigenvalue weighted by molar-refractivity contribution is -0.157. The highest BCUT2D eigenvalue weighted by Gasteiger charge is 2.38. The van der Waals surface area contributed by atoms with Gasteiger partial charge in [-0.1, -0.05) is 6.07 Å². The minimum atomic E-state index is -4.59. The first-order valence-corrected chi connectivity index (χ1v) is 7.69. The third-order valence-corrected chi connectivity index (χ3v) is 4.18. The van der Waals surface area contributed by atoms with Gasteiger partial charge in [-0.25, -0.2) is 4.98 Å². The van der Waals surface area contributed by atoms with E-state index in [0.29, 0.717) is 6.04 Å². The molecular formula is C15H18F3N5O. The number of aromatic nitrogens is 3. The van der Waals surface area contributed by atoms with Crippen LogP contribution in [0.5, 0.6) is 0 Å². The highest BCUT2D eigenvalue weighted by Crippen LogP contribution is 2.28. The second kappa shape index (κ2) is 6.76. The van der Waals surface area contributed by atoms with Crippen LogP contribution in [0.3, 0.4) is 0 Å². The number of hydrogen-bond acceptors (Lipinski definition) is 6. The van der Waals surface area contributed by atoms with Gasteiger partial charge < -0.3 is 9.32 Å². The first-order valence-electron chi connectivity index (χ1n) is 7.69. The average Bonchev–Trinajstić information content (AvgIpc) is 3.05. The molecule has 0 radical (unpaired) electrons. The number of hydrogen-bond donors (Lipinski definition) is 0. The standard InChI is InChI=1S/C15H18F3N5O/c1-22(12-4-2-3-7-19-12)11-5-8-23(9-6-11)10-13-20-21-14(24-13)15(16,17)18/h2-4,7,11H,5-6,8-10H2,1H3. The molecular weight excluding hydrogens is 323 g/mol. The number of pyridine rings is 1. The molecule has 1 aliphatic heterocycles. The minimum absolute atomic E-state index is 0.00106. The Morgan fingerprint density at radius 3 is 2.58 bits per heavy atom. The second-order valence-electron chi connectivity index (χ2n) is 5.80. The monoisotopic (exact) mass is 341 g/mol. The molecule has 0 saturated carbocycles. The van der Waals surface area contributed by atoms with E-state index in [1.54, 1.807) is 6.20 Å². The third-order valence-electron chi connectivity index (χ3n) is 4.18. The Balaban J connectivity index is 1.53. The fourth-order valence-electron chi connectivity index (χ4n) is 2.84. The molecule has 9 heteroatoms. The van der Waals surface area contributed by atoms with Crippen molar-refractivity contribution in [3.63, 3.8) is 0 Å². The Bertz CT molecular complexity index is 653. The number of alkyl halides is 3. The fourth-order valence-corrected chi connectivity index (χ4v) is 2.84. The van der Waals surface area contributed by atoms with E-state index in [2.05, 4.69) is 24.5 Å².